The van der Waals surface area contributed by atoms with Crippen LogP contribution in [0.4, 0.5) is 0 Å². The van der Waals surface area contributed by atoms with Crippen LogP contribution in [0.15, 0.2) is 0 Å². The van der Waals surface area contributed by atoms with Crippen LogP contribution >= 0.6 is 0 Å². The van der Waals surface area contributed by atoms with Crippen LogP contribution in [0.3, 0.4) is 0 Å². The molecule has 0 radical (unpaired) electrons. The average Bonchev–Trinajstić information content (AvgIpc) is 2.30. The zero-order valence-electron chi connectivity index (χ0n) is 11.8. The van der Waals surface area contributed by atoms with Crippen molar-refractivity contribution in [3.05, 3.63) is 0 Å². The Balaban J connectivity index is 4.35. The van der Waals surface area contributed by atoms with Crippen LogP contribution in [0.5, 0.6) is 0 Å². The summed E-state index contributed by atoms with van der Waals surface area (Å²) in [7, 11) is -2.94. The summed E-state index contributed by atoms with van der Waals surface area (Å²) in [4.78, 5) is 0. The first-order valence-electron chi connectivity index (χ1n) is 6.94. The molecule has 0 aliphatic rings. The molecule has 0 saturated carbocycles. The Labute approximate surface area is 107 Å². The highest BCUT2D eigenvalue weighted by Crippen LogP contribution is 2.12. The van der Waals surface area contributed by atoms with Crippen LogP contribution in [-0.2, 0) is 9.84 Å². The van der Waals surface area contributed by atoms with E-state index in [2.05, 4.69) is 19.2 Å². The van der Waals surface area contributed by atoms with E-state index >= 15 is 0 Å². The molecule has 0 aliphatic heterocycles. The number of nitrogens with one attached hydrogen (secondary N) is 1. The van der Waals surface area contributed by atoms with E-state index in [4.69, 9.17) is 0 Å². The first kappa shape index (κ1) is 16.9. The molecule has 0 spiro atoms. The number of hydrogen-bond donors (Lipinski definition) is 1. The lowest BCUT2D eigenvalue weighted by Gasteiger charge is -2.24. The van der Waals surface area contributed by atoms with Gasteiger partial charge in [0, 0.05) is 6.04 Å². The number of hydrogen-bond acceptors (Lipinski definition) is 3. The minimum atomic E-state index is -2.94. The van der Waals surface area contributed by atoms with Crippen molar-refractivity contribution in [1.29, 1.82) is 0 Å². The third-order valence-corrected chi connectivity index (χ3v) is 5.58. The SMILES string of the molecule is CCCCCS(=O)(=O)C(C)C(CC)NCCC. The van der Waals surface area contributed by atoms with Gasteiger partial charge >= 0.3 is 0 Å². The van der Waals surface area contributed by atoms with E-state index < -0.39 is 9.84 Å². The molecule has 1 N–H and O–H groups in total. The van der Waals surface area contributed by atoms with Gasteiger partial charge in [-0.25, -0.2) is 8.42 Å². The topological polar surface area (TPSA) is 46.2 Å². The second kappa shape index (κ2) is 8.92. The van der Waals surface area contributed by atoms with Gasteiger partial charge in [0.2, 0.25) is 0 Å². The average molecular weight is 263 g/mol. The van der Waals surface area contributed by atoms with Crippen LogP contribution < -0.4 is 5.32 Å². The van der Waals surface area contributed by atoms with Crippen molar-refractivity contribution in [3.63, 3.8) is 0 Å². The molecule has 0 heterocycles. The first-order valence-corrected chi connectivity index (χ1v) is 8.66. The van der Waals surface area contributed by atoms with Gasteiger partial charge in [-0.2, -0.15) is 0 Å². The molecular weight excluding hydrogens is 234 g/mol. The summed E-state index contributed by atoms with van der Waals surface area (Å²) in [6.07, 6.45) is 4.78. The Morgan fingerprint density at radius 3 is 2.18 bits per heavy atom. The van der Waals surface area contributed by atoms with Gasteiger partial charge in [0.1, 0.15) is 0 Å². The zero-order valence-corrected chi connectivity index (χ0v) is 12.6. The Kier molecular flexibility index (Phi) is 8.88. The molecule has 3 nitrogen and oxygen atoms in total. The lowest BCUT2D eigenvalue weighted by Crippen LogP contribution is -2.43. The molecule has 2 atom stereocenters. The minimum Gasteiger partial charge on any atom is -0.313 e. The monoisotopic (exact) mass is 263 g/mol. The standard InChI is InChI=1S/C13H29NO2S/c1-5-8-9-11-17(15,16)12(4)13(7-3)14-10-6-2/h12-14H,5-11H2,1-4H3. The van der Waals surface area contributed by atoms with Crippen LogP contribution in [0.2, 0.25) is 0 Å². The maximum Gasteiger partial charge on any atom is 0.154 e. The predicted molar refractivity (Wildman–Crippen MR) is 75.1 cm³/mol. The van der Waals surface area contributed by atoms with Crippen LogP contribution in [0.25, 0.3) is 0 Å². The van der Waals surface area contributed by atoms with Gasteiger partial charge < -0.3 is 5.32 Å². The molecule has 0 bridgehead atoms. The Morgan fingerprint density at radius 2 is 1.71 bits per heavy atom. The third kappa shape index (κ3) is 6.41. The van der Waals surface area contributed by atoms with Crippen LogP contribution in [0, 0.1) is 0 Å². The fraction of sp³-hybridized carbons (Fsp3) is 1.00. The molecule has 4 heteroatoms. The Bertz CT molecular complexity index is 275. The lowest BCUT2D eigenvalue weighted by molar-refractivity contribution is 0.471. The van der Waals surface area contributed by atoms with Crippen molar-refractivity contribution < 1.29 is 8.42 Å². The highest BCUT2D eigenvalue weighted by Gasteiger charge is 2.27. The summed E-state index contributed by atoms with van der Waals surface area (Å²) < 4.78 is 24.3. The summed E-state index contributed by atoms with van der Waals surface area (Å²) in [5, 5.41) is 3.07. The molecule has 0 aromatic rings. The van der Waals surface area contributed by atoms with E-state index in [1.165, 1.54) is 0 Å². The Hall–Kier alpha value is -0.0900. The molecule has 0 fully saturated rings. The van der Waals surface area contributed by atoms with Gasteiger partial charge in [-0.1, -0.05) is 33.6 Å². The quantitative estimate of drug-likeness (QED) is 0.616. The molecule has 0 amide bonds. The molecule has 104 valence electrons. The molecule has 0 rings (SSSR count). The number of rotatable bonds is 10. The summed E-state index contributed by atoms with van der Waals surface area (Å²) in [6, 6.07) is 0.0987. The highest BCUT2D eigenvalue weighted by atomic mass is 32.2. The van der Waals surface area contributed by atoms with E-state index in [0.717, 1.165) is 38.6 Å². The van der Waals surface area contributed by atoms with Crippen molar-refractivity contribution in [3.8, 4) is 0 Å². The zero-order chi connectivity index (χ0) is 13.3. The number of sulfone groups is 1. The number of unbranched alkanes of at least 4 members (excludes halogenated alkanes) is 2. The van der Waals surface area contributed by atoms with Crippen molar-refractivity contribution in [1.82, 2.24) is 5.32 Å². The maximum atomic E-state index is 12.1. The van der Waals surface area contributed by atoms with Crippen LogP contribution in [0.1, 0.15) is 59.8 Å². The normalized spacial score (nSPS) is 15.8. The van der Waals surface area contributed by atoms with E-state index in [1.54, 1.807) is 0 Å². The second-order valence-corrected chi connectivity index (χ2v) is 7.23. The van der Waals surface area contributed by atoms with Crippen molar-refractivity contribution in [2.45, 2.75) is 71.1 Å². The van der Waals surface area contributed by atoms with Gasteiger partial charge in [-0.3, -0.25) is 0 Å². The molecule has 0 aromatic carbocycles. The first-order chi connectivity index (χ1) is 7.99. The van der Waals surface area contributed by atoms with E-state index in [0.29, 0.717) is 5.75 Å². The summed E-state index contributed by atoms with van der Waals surface area (Å²) in [5.74, 6) is 0.340. The molecule has 17 heavy (non-hydrogen) atoms. The maximum absolute atomic E-state index is 12.1. The van der Waals surface area contributed by atoms with E-state index in [-0.39, 0.29) is 11.3 Å². The van der Waals surface area contributed by atoms with E-state index in [9.17, 15) is 8.42 Å². The molecule has 0 saturated heterocycles. The van der Waals surface area contributed by atoms with Crippen molar-refractivity contribution in [2.24, 2.45) is 0 Å². The predicted octanol–water partition coefficient (Wildman–Crippen LogP) is 2.76. The highest BCUT2D eigenvalue weighted by molar-refractivity contribution is 7.92. The minimum absolute atomic E-state index is 0.0987. The smallest absolute Gasteiger partial charge is 0.154 e. The second-order valence-electron chi connectivity index (χ2n) is 4.75. The summed E-state index contributed by atoms with van der Waals surface area (Å²) in [5.41, 5.74) is 0. The van der Waals surface area contributed by atoms with Crippen molar-refractivity contribution in [2.75, 3.05) is 12.3 Å². The fourth-order valence-corrected chi connectivity index (χ4v) is 3.73. The molecular formula is C13H29NO2S. The van der Waals surface area contributed by atoms with Crippen LogP contribution in [-0.4, -0.2) is 32.0 Å². The third-order valence-electron chi connectivity index (χ3n) is 3.26. The molecule has 2 unspecified atom stereocenters. The molecule has 0 aromatic heterocycles. The van der Waals surface area contributed by atoms with Gasteiger partial charge in [-0.15, -0.1) is 0 Å². The van der Waals surface area contributed by atoms with Gasteiger partial charge in [-0.05, 0) is 32.7 Å². The fourth-order valence-electron chi connectivity index (χ4n) is 1.96. The van der Waals surface area contributed by atoms with Gasteiger partial charge in [0.05, 0.1) is 11.0 Å². The van der Waals surface area contributed by atoms with E-state index in [1.807, 2.05) is 13.8 Å². The van der Waals surface area contributed by atoms with Crippen molar-refractivity contribution >= 4 is 9.84 Å². The van der Waals surface area contributed by atoms with Gasteiger partial charge in [0.25, 0.3) is 0 Å². The molecule has 0 aliphatic carbocycles. The summed E-state index contributed by atoms with van der Waals surface area (Å²) in [6.45, 7) is 8.98. The Morgan fingerprint density at radius 1 is 1.06 bits per heavy atom. The summed E-state index contributed by atoms with van der Waals surface area (Å²) >= 11 is 0. The van der Waals surface area contributed by atoms with Gasteiger partial charge in [0.15, 0.2) is 9.84 Å². The lowest BCUT2D eigenvalue weighted by atomic mass is 10.1. The largest absolute Gasteiger partial charge is 0.313 e.